The van der Waals surface area contributed by atoms with E-state index >= 15 is 0 Å². The Bertz CT molecular complexity index is 915. The maximum atomic E-state index is 11.7. The molecular formula is C23H25NO6S. The van der Waals surface area contributed by atoms with Crippen LogP contribution in [0.15, 0.2) is 65.6 Å². The summed E-state index contributed by atoms with van der Waals surface area (Å²) in [6.07, 6.45) is 3.06. The molecule has 7 nitrogen and oxygen atoms in total. The Kier molecular flexibility index (Phi) is 9.80. The molecule has 0 aromatic heterocycles. The molecule has 2 aromatic rings. The number of aliphatic hydroxyl groups is 1. The lowest BCUT2D eigenvalue weighted by Crippen LogP contribution is -2.21. The van der Waals surface area contributed by atoms with Crippen LogP contribution < -0.4 is 5.32 Å². The van der Waals surface area contributed by atoms with Crippen molar-refractivity contribution in [3.63, 3.8) is 0 Å². The van der Waals surface area contributed by atoms with Gasteiger partial charge in [0, 0.05) is 17.0 Å². The highest BCUT2D eigenvalue weighted by Crippen LogP contribution is 2.30. The smallest absolute Gasteiger partial charge is 0.312 e. The minimum atomic E-state index is -1.21. The lowest BCUT2D eigenvalue weighted by Gasteiger charge is -2.20. The molecule has 0 aliphatic rings. The molecule has 164 valence electrons. The highest BCUT2D eigenvalue weighted by molar-refractivity contribution is 8.00. The summed E-state index contributed by atoms with van der Waals surface area (Å²) in [6.45, 7) is 0. The number of nitrogens with one attached hydrogen (secondary N) is 1. The zero-order valence-corrected chi connectivity index (χ0v) is 17.6. The van der Waals surface area contributed by atoms with Gasteiger partial charge in [-0.2, -0.15) is 0 Å². The molecule has 0 bridgehead atoms. The molecule has 31 heavy (non-hydrogen) atoms. The predicted octanol–water partition coefficient (Wildman–Crippen LogP) is 3.89. The first kappa shape index (κ1) is 24.2. The largest absolute Gasteiger partial charge is 0.481 e. The highest BCUT2D eigenvalue weighted by atomic mass is 32.2. The Balaban J connectivity index is 2.12. The third-order valence-corrected chi connectivity index (χ3v) is 5.52. The average molecular weight is 444 g/mol. The number of thioether (sulfide) groups is 1. The molecule has 0 spiro atoms. The molecule has 2 rings (SSSR count). The normalized spacial score (nSPS) is 12.9. The quantitative estimate of drug-likeness (QED) is 0.290. The van der Waals surface area contributed by atoms with E-state index in [1.165, 1.54) is 11.8 Å². The monoisotopic (exact) mass is 443 g/mol. The number of anilines is 1. The van der Waals surface area contributed by atoms with Gasteiger partial charge in [0.15, 0.2) is 0 Å². The number of aliphatic carboxylic acids is 2. The first-order chi connectivity index (χ1) is 14.8. The molecule has 0 heterocycles. The Hall–Kier alpha value is -3.10. The number of hydrogen-bond donors (Lipinski definition) is 4. The second-order valence-electron chi connectivity index (χ2n) is 6.85. The van der Waals surface area contributed by atoms with Crippen molar-refractivity contribution in [2.45, 2.75) is 41.9 Å². The van der Waals surface area contributed by atoms with Crippen LogP contribution in [0.3, 0.4) is 0 Å². The molecule has 0 aliphatic carbocycles. The number of carbonyl (C=O) groups is 3. The Morgan fingerprint density at radius 3 is 2.42 bits per heavy atom. The Labute approximate surface area is 184 Å². The zero-order chi connectivity index (χ0) is 22.6. The second-order valence-corrected chi connectivity index (χ2v) is 8.10. The summed E-state index contributed by atoms with van der Waals surface area (Å²) in [5, 5.41) is 30.4. The molecule has 0 saturated carbocycles. The third kappa shape index (κ3) is 9.50. The topological polar surface area (TPSA) is 124 Å². The molecule has 4 N–H and O–H groups in total. The van der Waals surface area contributed by atoms with Gasteiger partial charge in [0.1, 0.15) is 6.42 Å². The number of rotatable bonds is 12. The van der Waals surface area contributed by atoms with Crippen LogP contribution in [-0.2, 0) is 14.4 Å². The average Bonchev–Trinajstić information content (AvgIpc) is 2.71. The summed E-state index contributed by atoms with van der Waals surface area (Å²) < 4.78 is 0. The van der Waals surface area contributed by atoms with Gasteiger partial charge in [-0.1, -0.05) is 48.6 Å². The van der Waals surface area contributed by atoms with Crippen LogP contribution in [-0.4, -0.2) is 44.5 Å². The fourth-order valence-corrected chi connectivity index (χ4v) is 3.91. The second kappa shape index (κ2) is 12.6. The van der Waals surface area contributed by atoms with Crippen LogP contribution in [0.4, 0.5) is 5.69 Å². The first-order valence-corrected chi connectivity index (χ1v) is 10.6. The summed E-state index contributed by atoms with van der Waals surface area (Å²) in [5.41, 5.74) is 1.43. The third-order valence-electron chi connectivity index (χ3n) is 4.25. The van der Waals surface area contributed by atoms with E-state index in [1.807, 2.05) is 48.6 Å². The van der Waals surface area contributed by atoms with E-state index in [1.54, 1.807) is 18.2 Å². The van der Waals surface area contributed by atoms with E-state index in [0.29, 0.717) is 18.5 Å². The van der Waals surface area contributed by atoms with Gasteiger partial charge in [-0.3, -0.25) is 14.4 Å². The van der Waals surface area contributed by atoms with Gasteiger partial charge in [-0.15, -0.1) is 11.8 Å². The van der Waals surface area contributed by atoms with Crippen molar-refractivity contribution in [2.75, 3.05) is 5.32 Å². The molecule has 2 unspecified atom stereocenters. The number of amides is 1. The van der Waals surface area contributed by atoms with Gasteiger partial charge in [-0.25, -0.2) is 0 Å². The van der Waals surface area contributed by atoms with Gasteiger partial charge in [0.05, 0.1) is 11.4 Å². The van der Waals surface area contributed by atoms with E-state index in [0.717, 1.165) is 10.5 Å². The van der Waals surface area contributed by atoms with Crippen molar-refractivity contribution >= 4 is 41.4 Å². The molecule has 0 fully saturated rings. The van der Waals surface area contributed by atoms with Crippen molar-refractivity contribution in [2.24, 2.45) is 0 Å². The lowest BCUT2D eigenvalue weighted by molar-refractivity contribution is -0.140. The predicted molar refractivity (Wildman–Crippen MR) is 120 cm³/mol. The lowest BCUT2D eigenvalue weighted by atomic mass is 10.1. The van der Waals surface area contributed by atoms with Crippen LogP contribution in [0.5, 0.6) is 0 Å². The van der Waals surface area contributed by atoms with Crippen molar-refractivity contribution in [1.29, 1.82) is 0 Å². The minimum Gasteiger partial charge on any atom is -0.481 e. The maximum absolute atomic E-state index is 11.7. The summed E-state index contributed by atoms with van der Waals surface area (Å²) in [6, 6.07) is 16.5. The molecule has 1 amide bonds. The summed E-state index contributed by atoms with van der Waals surface area (Å²) in [7, 11) is 0. The number of benzene rings is 2. The fourth-order valence-electron chi connectivity index (χ4n) is 2.79. The van der Waals surface area contributed by atoms with Gasteiger partial charge in [0.2, 0.25) is 5.91 Å². The van der Waals surface area contributed by atoms with Gasteiger partial charge in [0.25, 0.3) is 0 Å². The first-order valence-electron chi connectivity index (χ1n) is 9.75. The Morgan fingerprint density at radius 2 is 1.74 bits per heavy atom. The standard InChI is InChI=1S/C23H25NO6S/c25-19(10-5-11-22(27)28)20(13-12-16-6-2-1-3-7-16)31-18-9-4-8-17(14-18)24-21(26)15-23(29)30/h1-4,6-9,12-14,19-20,25H,5,10-11,15H2,(H,24,26)(H,27,28)(H,29,30)/b13-12+. The number of aliphatic hydroxyl groups excluding tert-OH is 1. The maximum Gasteiger partial charge on any atom is 0.312 e. The van der Waals surface area contributed by atoms with Crippen LogP contribution >= 0.6 is 11.8 Å². The van der Waals surface area contributed by atoms with E-state index in [2.05, 4.69) is 5.32 Å². The van der Waals surface area contributed by atoms with Crippen LogP contribution in [0.1, 0.15) is 31.2 Å². The summed E-state index contributed by atoms with van der Waals surface area (Å²) >= 11 is 1.38. The van der Waals surface area contributed by atoms with E-state index in [-0.39, 0.29) is 11.7 Å². The Morgan fingerprint density at radius 1 is 1.00 bits per heavy atom. The van der Waals surface area contributed by atoms with Crippen molar-refractivity contribution in [3.8, 4) is 0 Å². The number of hydrogen-bond acceptors (Lipinski definition) is 5. The van der Waals surface area contributed by atoms with Gasteiger partial charge < -0.3 is 20.6 Å². The molecule has 2 aromatic carbocycles. The van der Waals surface area contributed by atoms with Crippen molar-refractivity contribution < 1.29 is 29.7 Å². The van der Waals surface area contributed by atoms with Gasteiger partial charge in [-0.05, 0) is 36.6 Å². The van der Waals surface area contributed by atoms with Gasteiger partial charge >= 0.3 is 11.9 Å². The number of carboxylic acids is 2. The minimum absolute atomic E-state index is 0.0120. The van der Waals surface area contributed by atoms with Crippen LogP contribution in [0, 0.1) is 0 Å². The summed E-state index contributed by atoms with van der Waals surface area (Å²) in [5.74, 6) is -2.73. The molecule has 8 heteroatoms. The van der Waals surface area contributed by atoms with Crippen molar-refractivity contribution in [3.05, 3.63) is 66.2 Å². The van der Waals surface area contributed by atoms with Crippen molar-refractivity contribution in [1.82, 2.24) is 0 Å². The molecule has 2 atom stereocenters. The fraction of sp³-hybridized carbons (Fsp3) is 0.261. The SMILES string of the molecule is O=C(O)CCCC(O)C(/C=C/c1ccccc1)Sc1cccc(NC(=O)CC(=O)O)c1. The van der Waals surface area contributed by atoms with E-state index in [4.69, 9.17) is 10.2 Å². The van der Waals surface area contributed by atoms with Crippen LogP contribution in [0.2, 0.25) is 0 Å². The molecule has 0 radical (unpaired) electrons. The number of carbonyl (C=O) groups excluding carboxylic acids is 1. The number of carboxylic acid groups (broad SMARTS) is 2. The molecular weight excluding hydrogens is 418 g/mol. The van der Waals surface area contributed by atoms with E-state index < -0.39 is 30.4 Å². The van der Waals surface area contributed by atoms with Crippen LogP contribution in [0.25, 0.3) is 6.08 Å². The zero-order valence-electron chi connectivity index (χ0n) is 16.8. The molecule has 0 aliphatic heterocycles. The molecule has 0 saturated heterocycles. The summed E-state index contributed by atoms with van der Waals surface area (Å²) in [4.78, 5) is 33.9. The van der Waals surface area contributed by atoms with E-state index in [9.17, 15) is 19.5 Å². The highest BCUT2D eigenvalue weighted by Gasteiger charge is 2.19.